The van der Waals surface area contributed by atoms with Crippen LogP contribution in [0.1, 0.15) is 19.4 Å². The van der Waals surface area contributed by atoms with E-state index in [0.717, 1.165) is 12.3 Å². The highest BCUT2D eigenvalue weighted by Crippen LogP contribution is 2.14. The van der Waals surface area contributed by atoms with Gasteiger partial charge in [0.05, 0.1) is 6.61 Å². The first-order chi connectivity index (χ1) is 7.26. The molecule has 0 saturated carbocycles. The highest BCUT2D eigenvalue weighted by atomic mass is 16.5. The van der Waals surface area contributed by atoms with E-state index in [1.807, 2.05) is 26.1 Å². The molecule has 0 spiro atoms. The number of likely N-dealkylation sites (N-methyl/N-ethyl adjacent to an activating group) is 1. The van der Waals surface area contributed by atoms with E-state index in [2.05, 4.69) is 30.4 Å². The lowest BCUT2D eigenvalue weighted by Crippen LogP contribution is -2.08. The fourth-order valence-electron chi connectivity index (χ4n) is 1.44. The fourth-order valence-corrected chi connectivity index (χ4v) is 1.44. The van der Waals surface area contributed by atoms with Crippen molar-refractivity contribution in [2.24, 2.45) is 0 Å². The molecule has 0 saturated heterocycles. The normalized spacial score (nSPS) is 11.5. The van der Waals surface area contributed by atoms with Crippen LogP contribution in [0.5, 0.6) is 5.75 Å². The van der Waals surface area contributed by atoms with Gasteiger partial charge in [-0.2, -0.15) is 0 Å². The average molecular weight is 205 g/mol. The minimum atomic E-state index is 0.716. The summed E-state index contributed by atoms with van der Waals surface area (Å²) in [6.45, 7) is 5.75. The SMILES string of the molecule is CCOc1ccc(C=C(C)CNC)cc1. The van der Waals surface area contributed by atoms with Gasteiger partial charge in [0.25, 0.3) is 0 Å². The maximum Gasteiger partial charge on any atom is 0.119 e. The van der Waals surface area contributed by atoms with Gasteiger partial charge in [0.2, 0.25) is 0 Å². The van der Waals surface area contributed by atoms with Crippen LogP contribution in [-0.2, 0) is 0 Å². The summed E-state index contributed by atoms with van der Waals surface area (Å²) in [4.78, 5) is 0. The molecule has 0 aromatic heterocycles. The van der Waals surface area contributed by atoms with E-state index in [-0.39, 0.29) is 0 Å². The summed E-state index contributed by atoms with van der Waals surface area (Å²) in [6.07, 6.45) is 2.17. The number of rotatable bonds is 5. The van der Waals surface area contributed by atoms with Crippen LogP contribution < -0.4 is 10.1 Å². The second-order valence-electron chi connectivity index (χ2n) is 3.52. The van der Waals surface area contributed by atoms with E-state index in [4.69, 9.17) is 4.74 Å². The third kappa shape index (κ3) is 4.17. The summed E-state index contributed by atoms with van der Waals surface area (Å²) in [5.74, 6) is 0.931. The molecule has 82 valence electrons. The molecule has 0 aliphatic heterocycles. The van der Waals surface area contributed by atoms with Crippen LogP contribution in [0.15, 0.2) is 29.8 Å². The molecule has 1 rings (SSSR count). The molecule has 1 N–H and O–H groups in total. The van der Waals surface area contributed by atoms with E-state index in [9.17, 15) is 0 Å². The lowest BCUT2D eigenvalue weighted by atomic mass is 10.1. The van der Waals surface area contributed by atoms with Gasteiger partial charge in [0.1, 0.15) is 5.75 Å². The third-order valence-electron chi connectivity index (χ3n) is 2.06. The van der Waals surface area contributed by atoms with Crippen LogP contribution in [0.4, 0.5) is 0 Å². The molecule has 1 aromatic carbocycles. The summed E-state index contributed by atoms with van der Waals surface area (Å²) < 4.78 is 5.38. The van der Waals surface area contributed by atoms with Crippen molar-refractivity contribution in [2.75, 3.05) is 20.2 Å². The smallest absolute Gasteiger partial charge is 0.119 e. The first-order valence-corrected chi connectivity index (χ1v) is 5.31. The van der Waals surface area contributed by atoms with Gasteiger partial charge in [0.15, 0.2) is 0 Å². The molecule has 0 heterocycles. The van der Waals surface area contributed by atoms with Crippen LogP contribution in [0, 0.1) is 0 Å². The van der Waals surface area contributed by atoms with Crippen molar-refractivity contribution >= 4 is 6.08 Å². The van der Waals surface area contributed by atoms with Crippen LogP contribution in [0.2, 0.25) is 0 Å². The second kappa shape index (κ2) is 6.25. The molecule has 1 aromatic rings. The maximum atomic E-state index is 5.38. The van der Waals surface area contributed by atoms with Gasteiger partial charge in [-0.15, -0.1) is 0 Å². The summed E-state index contributed by atoms with van der Waals surface area (Å²) in [7, 11) is 1.95. The number of hydrogen-bond donors (Lipinski definition) is 1. The lowest BCUT2D eigenvalue weighted by Gasteiger charge is -2.03. The van der Waals surface area contributed by atoms with Crippen LogP contribution in [0.25, 0.3) is 6.08 Å². The molecule has 0 fully saturated rings. The molecular weight excluding hydrogens is 186 g/mol. The van der Waals surface area contributed by atoms with Crippen molar-refractivity contribution in [3.8, 4) is 5.75 Å². The lowest BCUT2D eigenvalue weighted by molar-refractivity contribution is 0.340. The molecule has 0 amide bonds. The van der Waals surface area contributed by atoms with E-state index < -0.39 is 0 Å². The van der Waals surface area contributed by atoms with Crippen molar-refractivity contribution in [3.63, 3.8) is 0 Å². The van der Waals surface area contributed by atoms with Crippen molar-refractivity contribution in [3.05, 3.63) is 35.4 Å². The quantitative estimate of drug-likeness (QED) is 0.798. The van der Waals surface area contributed by atoms with Gasteiger partial charge < -0.3 is 10.1 Å². The van der Waals surface area contributed by atoms with E-state index in [1.54, 1.807) is 0 Å². The highest BCUT2D eigenvalue weighted by molar-refractivity contribution is 5.53. The Labute approximate surface area is 92.0 Å². The zero-order valence-corrected chi connectivity index (χ0v) is 9.71. The molecule has 15 heavy (non-hydrogen) atoms. The monoisotopic (exact) mass is 205 g/mol. The Bertz CT molecular complexity index is 314. The van der Waals surface area contributed by atoms with Gasteiger partial charge >= 0.3 is 0 Å². The van der Waals surface area contributed by atoms with E-state index in [1.165, 1.54) is 11.1 Å². The standard InChI is InChI=1S/C13H19NO/c1-4-15-13-7-5-12(6-8-13)9-11(2)10-14-3/h5-9,14H,4,10H2,1-3H3. The molecule has 0 aliphatic rings. The van der Waals surface area contributed by atoms with Crippen molar-refractivity contribution in [1.82, 2.24) is 5.32 Å². The van der Waals surface area contributed by atoms with Gasteiger partial charge in [-0.1, -0.05) is 23.8 Å². The molecule has 0 radical (unpaired) electrons. The van der Waals surface area contributed by atoms with Crippen molar-refractivity contribution in [2.45, 2.75) is 13.8 Å². The molecule has 0 unspecified atom stereocenters. The minimum Gasteiger partial charge on any atom is -0.494 e. The second-order valence-corrected chi connectivity index (χ2v) is 3.52. The summed E-state index contributed by atoms with van der Waals surface area (Å²) in [5.41, 5.74) is 2.54. The average Bonchev–Trinajstić information content (AvgIpc) is 2.22. The number of nitrogens with one attached hydrogen (secondary N) is 1. The first-order valence-electron chi connectivity index (χ1n) is 5.31. The Kier molecular flexibility index (Phi) is 4.91. The highest BCUT2D eigenvalue weighted by Gasteiger charge is 1.93. The first kappa shape index (κ1) is 11.8. The number of hydrogen-bond acceptors (Lipinski definition) is 2. The minimum absolute atomic E-state index is 0.716. The summed E-state index contributed by atoms with van der Waals surface area (Å²) in [6, 6.07) is 8.15. The van der Waals surface area contributed by atoms with Gasteiger partial charge in [-0.05, 0) is 38.6 Å². The molecular formula is C13H19NO. The van der Waals surface area contributed by atoms with Crippen molar-refractivity contribution < 1.29 is 4.74 Å². The molecule has 0 atom stereocenters. The molecule has 0 bridgehead atoms. The molecule has 2 heteroatoms. The Hall–Kier alpha value is -1.28. The Balaban J connectivity index is 2.67. The number of benzene rings is 1. The predicted molar refractivity (Wildman–Crippen MR) is 65.2 cm³/mol. The predicted octanol–water partition coefficient (Wildman–Crippen LogP) is 2.71. The Morgan fingerprint density at radius 1 is 1.33 bits per heavy atom. The van der Waals surface area contributed by atoms with E-state index in [0.29, 0.717) is 6.61 Å². The Morgan fingerprint density at radius 3 is 2.53 bits per heavy atom. The van der Waals surface area contributed by atoms with Crippen LogP contribution in [-0.4, -0.2) is 20.2 Å². The Morgan fingerprint density at radius 2 is 2.00 bits per heavy atom. The zero-order valence-electron chi connectivity index (χ0n) is 9.71. The van der Waals surface area contributed by atoms with Gasteiger partial charge in [-0.3, -0.25) is 0 Å². The van der Waals surface area contributed by atoms with E-state index >= 15 is 0 Å². The van der Waals surface area contributed by atoms with Crippen molar-refractivity contribution in [1.29, 1.82) is 0 Å². The third-order valence-corrected chi connectivity index (χ3v) is 2.06. The summed E-state index contributed by atoms with van der Waals surface area (Å²) >= 11 is 0. The largest absolute Gasteiger partial charge is 0.494 e. The molecule has 0 aliphatic carbocycles. The van der Waals surface area contributed by atoms with Gasteiger partial charge in [-0.25, -0.2) is 0 Å². The molecule has 2 nitrogen and oxygen atoms in total. The topological polar surface area (TPSA) is 21.3 Å². The number of ether oxygens (including phenoxy) is 1. The summed E-state index contributed by atoms with van der Waals surface area (Å²) in [5, 5.41) is 3.13. The van der Waals surface area contributed by atoms with Gasteiger partial charge in [0, 0.05) is 6.54 Å². The van der Waals surface area contributed by atoms with Crippen LogP contribution in [0.3, 0.4) is 0 Å². The zero-order chi connectivity index (χ0) is 11.1. The fraction of sp³-hybridized carbons (Fsp3) is 0.385. The maximum absolute atomic E-state index is 5.38. The van der Waals surface area contributed by atoms with Crippen LogP contribution >= 0.6 is 0 Å².